The molecule has 6 nitrogen and oxygen atoms in total. The molecule has 0 saturated carbocycles. The first-order valence-electron chi connectivity index (χ1n) is 6.61. The Kier molecular flexibility index (Phi) is 4.46. The van der Waals surface area contributed by atoms with Crippen molar-refractivity contribution in [2.45, 2.75) is 6.04 Å². The molecule has 110 valence electrons. The minimum absolute atomic E-state index is 0.0234. The first-order valence-corrected chi connectivity index (χ1v) is 6.61. The van der Waals surface area contributed by atoms with E-state index in [1.54, 1.807) is 32.3 Å². The molecule has 0 aliphatic carbocycles. The molecule has 0 aromatic heterocycles. The van der Waals surface area contributed by atoms with Crippen molar-refractivity contribution in [2.75, 3.05) is 51.1 Å². The van der Waals surface area contributed by atoms with Gasteiger partial charge in [-0.05, 0) is 18.2 Å². The Balaban J connectivity index is 2.42. The number of hydrogen-bond acceptors (Lipinski definition) is 5. The van der Waals surface area contributed by atoms with Crippen LogP contribution in [0.2, 0.25) is 0 Å². The van der Waals surface area contributed by atoms with Gasteiger partial charge in [-0.15, -0.1) is 0 Å². The second kappa shape index (κ2) is 6.11. The quantitative estimate of drug-likeness (QED) is 0.771. The van der Waals surface area contributed by atoms with Crippen LogP contribution in [0.5, 0.6) is 0 Å². The molecule has 0 bridgehead atoms. The summed E-state index contributed by atoms with van der Waals surface area (Å²) in [5, 5.41) is 9.48. The zero-order valence-electron chi connectivity index (χ0n) is 11.9. The molecule has 2 rings (SSSR count). The van der Waals surface area contributed by atoms with E-state index in [9.17, 15) is 9.90 Å². The second-order valence-corrected chi connectivity index (χ2v) is 5.08. The highest BCUT2D eigenvalue weighted by Gasteiger charge is 2.26. The minimum Gasteiger partial charge on any atom is -0.399 e. The fraction of sp³-hybridized carbons (Fsp3) is 0.500. The van der Waals surface area contributed by atoms with E-state index in [0.717, 1.165) is 5.69 Å². The summed E-state index contributed by atoms with van der Waals surface area (Å²) in [5.74, 6) is -0.0804. The van der Waals surface area contributed by atoms with Crippen molar-refractivity contribution in [2.24, 2.45) is 0 Å². The average Bonchev–Trinajstić information content (AvgIpc) is 2.46. The van der Waals surface area contributed by atoms with Crippen LogP contribution in [0.4, 0.5) is 11.4 Å². The van der Waals surface area contributed by atoms with E-state index in [1.165, 1.54) is 4.90 Å². The van der Waals surface area contributed by atoms with Crippen molar-refractivity contribution in [3.8, 4) is 0 Å². The van der Waals surface area contributed by atoms with Crippen LogP contribution < -0.4 is 10.6 Å². The van der Waals surface area contributed by atoms with Gasteiger partial charge in [-0.2, -0.15) is 0 Å². The Labute approximate surface area is 118 Å². The molecule has 1 amide bonds. The molecule has 1 saturated heterocycles. The zero-order chi connectivity index (χ0) is 14.7. The number of aliphatic hydroxyl groups is 1. The lowest BCUT2D eigenvalue weighted by atomic mass is 10.1. The highest BCUT2D eigenvalue weighted by Crippen LogP contribution is 2.27. The molecule has 1 fully saturated rings. The van der Waals surface area contributed by atoms with Crippen LogP contribution in [0.15, 0.2) is 18.2 Å². The third-order valence-corrected chi connectivity index (χ3v) is 3.41. The molecule has 1 unspecified atom stereocenters. The Hall–Kier alpha value is -1.79. The van der Waals surface area contributed by atoms with Gasteiger partial charge < -0.3 is 25.4 Å². The van der Waals surface area contributed by atoms with Crippen molar-refractivity contribution in [1.29, 1.82) is 0 Å². The average molecular weight is 279 g/mol. The molecule has 1 atom stereocenters. The molecule has 1 aromatic carbocycles. The lowest BCUT2D eigenvalue weighted by Crippen LogP contribution is -2.48. The topological polar surface area (TPSA) is 79.0 Å². The summed E-state index contributed by atoms with van der Waals surface area (Å²) in [4.78, 5) is 15.8. The number of carbonyl (C=O) groups is 1. The van der Waals surface area contributed by atoms with E-state index in [0.29, 0.717) is 31.0 Å². The highest BCUT2D eigenvalue weighted by atomic mass is 16.5. The van der Waals surface area contributed by atoms with Gasteiger partial charge in [-0.3, -0.25) is 4.79 Å². The van der Waals surface area contributed by atoms with Crippen LogP contribution in [-0.4, -0.2) is 62.4 Å². The summed E-state index contributed by atoms with van der Waals surface area (Å²) < 4.78 is 5.37. The van der Waals surface area contributed by atoms with Crippen molar-refractivity contribution >= 4 is 17.3 Å². The molecular weight excluding hydrogens is 258 g/mol. The van der Waals surface area contributed by atoms with E-state index in [4.69, 9.17) is 10.5 Å². The SMILES string of the molecule is CN(C)C(=O)c1ccc(N)cc1N1CCOCC1CO. The van der Waals surface area contributed by atoms with E-state index >= 15 is 0 Å². The number of amides is 1. The molecule has 1 aliphatic heterocycles. The zero-order valence-corrected chi connectivity index (χ0v) is 11.9. The highest BCUT2D eigenvalue weighted by molar-refractivity contribution is 6.00. The van der Waals surface area contributed by atoms with Crippen LogP contribution >= 0.6 is 0 Å². The molecule has 0 spiro atoms. The van der Waals surface area contributed by atoms with Gasteiger partial charge in [0.2, 0.25) is 0 Å². The van der Waals surface area contributed by atoms with Crippen LogP contribution in [0.25, 0.3) is 0 Å². The van der Waals surface area contributed by atoms with Gasteiger partial charge in [0.15, 0.2) is 0 Å². The number of nitrogens with zero attached hydrogens (tertiary/aromatic N) is 2. The first-order chi connectivity index (χ1) is 9.54. The maximum Gasteiger partial charge on any atom is 0.255 e. The van der Waals surface area contributed by atoms with Gasteiger partial charge in [0.25, 0.3) is 5.91 Å². The number of anilines is 2. The molecule has 1 aliphatic rings. The van der Waals surface area contributed by atoms with Crippen LogP contribution in [0, 0.1) is 0 Å². The fourth-order valence-corrected chi connectivity index (χ4v) is 2.33. The van der Waals surface area contributed by atoms with Gasteiger partial charge >= 0.3 is 0 Å². The maximum absolute atomic E-state index is 12.3. The minimum atomic E-state index is -0.153. The number of nitrogens with two attached hydrogens (primary N) is 1. The largest absolute Gasteiger partial charge is 0.399 e. The van der Waals surface area contributed by atoms with Gasteiger partial charge in [-0.25, -0.2) is 0 Å². The van der Waals surface area contributed by atoms with Crippen LogP contribution in [0.1, 0.15) is 10.4 Å². The first kappa shape index (κ1) is 14.6. The summed E-state index contributed by atoms with van der Waals surface area (Å²) in [7, 11) is 3.43. The number of carbonyl (C=O) groups excluding carboxylic acids is 1. The summed E-state index contributed by atoms with van der Waals surface area (Å²) >= 11 is 0. The van der Waals surface area contributed by atoms with Gasteiger partial charge in [-0.1, -0.05) is 0 Å². The summed E-state index contributed by atoms with van der Waals surface area (Å²) in [6.07, 6.45) is 0. The summed E-state index contributed by atoms with van der Waals surface area (Å²) in [6.45, 7) is 1.62. The molecule has 0 radical (unpaired) electrons. The Bertz CT molecular complexity index is 491. The number of rotatable bonds is 3. The molecule has 20 heavy (non-hydrogen) atoms. The van der Waals surface area contributed by atoms with Crippen molar-refractivity contribution in [3.05, 3.63) is 23.8 Å². The Morgan fingerprint density at radius 2 is 2.30 bits per heavy atom. The third kappa shape index (κ3) is 2.86. The summed E-state index contributed by atoms with van der Waals surface area (Å²) in [5.41, 5.74) is 7.79. The fourth-order valence-electron chi connectivity index (χ4n) is 2.33. The van der Waals surface area contributed by atoms with Gasteiger partial charge in [0, 0.05) is 26.3 Å². The molecule has 1 heterocycles. The maximum atomic E-state index is 12.3. The summed E-state index contributed by atoms with van der Waals surface area (Å²) in [6, 6.07) is 5.08. The normalized spacial score (nSPS) is 18.9. The number of morpholine rings is 1. The molecular formula is C14H21N3O3. The van der Waals surface area contributed by atoms with E-state index in [-0.39, 0.29) is 18.6 Å². The van der Waals surface area contributed by atoms with Crippen molar-refractivity contribution in [3.63, 3.8) is 0 Å². The monoisotopic (exact) mass is 279 g/mol. The number of hydrogen-bond donors (Lipinski definition) is 2. The molecule has 3 N–H and O–H groups in total. The number of aliphatic hydroxyl groups excluding tert-OH is 1. The van der Waals surface area contributed by atoms with Crippen LogP contribution in [-0.2, 0) is 4.74 Å². The number of nitrogen functional groups attached to an aromatic ring is 1. The predicted octanol–water partition coefficient (Wildman–Crippen LogP) is 0.168. The predicted molar refractivity (Wildman–Crippen MR) is 77.9 cm³/mol. The van der Waals surface area contributed by atoms with E-state index in [2.05, 4.69) is 0 Å². The van der Waals surface area contributed by atoms with Crippen molar-refractivity contribution in [1.82, 2.24) is 4.90 Å². The Morgan fingerprint density at radius 3 is 2.95 bits per heavy atom. The van der Waals surface area contributed by atoms with Gasteiger partial charge in [0.05, 0.1) is 37.1 Å². The number of benzene rings is 1. The third-order valence-electron chi connectivity index (χ3n) is 3.41. The standard InChI is InChI=1S/C14H21N3O3/c1-16(2)14(19)12-4-3-10(15)7-13(12)17-5-6-20-9-11(17)8-18/h3-4,7,11,18H,5-6,8-9,15H2,1-2H3. The Morgan fingerprint density at radius 1 is 1.55 bits per heavy atom. The smallest absolute Gasteiger partial charge is 0.255 e. The van der Waals surface area contributed by atoms with E-state index in [1.807, 2.05) is 4.90 Å². The lowest BCUT2D eigenvalue weighted by Gasteiger charge is -2.37. The van der Waals surface area contributed by atoms with Crippen molar-refractivity contribution < 1.29 is 14.6 Å². The van der Waals surface area contributed by atoms with Crippen LogP contribution in [0.3, 0.4) is 0 Å². The second-order valence-electron chi connectivity index (χ2n) is 5.08. The van der Waals surface area contributed by atoms with E-state index < -0.39 is 0 Å². The molecule has 6 heteroatoms. The number of ether oxygens (including phenoxy) is 1. The molecule has 1 aromatic rings. The van der Waals surface area contributed by atoms with Gasteiger partial charge in [0.1, 0.15) is 0 Å². The lowest BCUT2D eigenvalue weighted by molar-refractivity contribution is 0.0719.